The Bertz CT molecular complexity index is 138. The highest BCUT2D eigenvalue weighted by Gasteiger charge is 2.25. The molecule has 0 aliphatic heterocycles. The molecule has 90 valence electrons. The smallest absolute Gasteiger partial charge is 0.0297 e. The van der Waals surface area contributed by atoms with E-state index in [0.29, 0.717) is 5.41 Å². The van der Waals surface area contributed by atoms with Gasteiger partial charge in [0.05, 0.1) is 0 Å². The van der Waals surface area contributed by atoms with Crippen molar-refractivity contribution in [1.29, 1.82) is 0 Å². The third-order valence-electron chi connectivity index (χ3n) is 3.75. The van der Waals surface area contributed by atoms with Crippen molar-refractivity contribution in [1.82, 2.24) is 0 Å². The summed E-state index contributed by atoms with van der Waals surface area (Å²) < 4.78 is 0. The molecule has 0 aromatic rings. The molecule has 0 heterocycles. The summed E-state index contributed by atoms with van der Waals surface area (Å²) in [6, 6.07) is 0. The van der Waals surface area contributed by atoms with Gasteiger partial charge in [0, 0.05) is 0 Å². The average Bonchev–Trinajstić information content (AvgIpc) is 2.29. The van der Waals surface area contributed by atoms with E-state index in [1.165, 1.54) is 57.8 Å². The normalized spacial score (nSPS) is 11.7. The van der Waals surface area contributed by atoms with Crippen LogP contribution in [0.3, 0.4) is 0 Å². The van der Waals surface area contributed by atoms with E-state index < -0.39 is 0 Å². The zero-order chi connectivity index (χ0) is 11.6. The number of rotatable bonds is 10. The van der Waals surface area contributed by atoms with Crippen molar-refractivity contribution in [3.8, 4) is 0 Å². The van der Waals surface area contributed by atoms with Crippen LogP contribution in [-0.4, -0.2) is 0 Å². The summed E-state index contributed by atoms with van der Waals surface area (Å²) in [5.74, 6) is 0. The number of unbranched alkanes of at least 4 members (excludes halogenated alkanes) is 2. The van der Waals surface area contributed by atoms with Crippen LogP contribution in [0.1, 0.15) is 78.6 Å². The highest BCUT2D eigenvalue weighted by atomic mass is 14.3. The summed E-state index contributed by atoms with van der Waals surface area (Å²) in [5, 5.41) is 0. The predicted molar refractivity (Wildman–Crippen MR) is 71.2 cm³/mol. The molecule has 0 aromatic heterocycles. The van der Waals surface area contributed by atoms with Crippen LogP contribution in [-0.2, 0) is 0 Å². The fraction of sp³-hybridized carbons (Fsp3) is 0.867. The van der Waals surface area contributed by atoms with Crippen LogP contribution in [0.15, 0.2) is 12.7 Å². The van der Waals surface area contributed by atoms with Crippen molar-refractivity contribution in [3.05, 3.63) is 12.7 Å². The number of hydrogen-bond acceptors (Lipinski definition) is 0. The first-order chi connectivity index (χ1) is 7.24. The molecule has 0 radical (unpaired) electrons. The second kappa shape index (κ2) is 9.00. The van der Waals surface area contributed by atoms with Gasteiger partial charge in [-0.2, -0.15) is 0 Å². The predicted octanol–water partition coefficient (Wildman–Crippen LogP) is 5.73. The number of allylic oxidation sites excluding steroid dienone is 1. The maximum atomic E-state index is 3.86. The van der Waals surface area contributed by atoms with Gasteiger partial charge in [0.25, 0.3) is 0 Å². The lowest BCUT2D eigenvalue weighted by molar-refractivity contribution is 0.198. The third-order valence-corrected chi connectivity index (χ3v) is 3.75. The molecule has 0 rings (SSSR count). The van der Waals surface area contributed by atoms with E-state index in [1.54, 1.807) is 0 Å². The van der Waals surface area contributed by atoms with E-state index in [9.17, 15) is 0 Å². The van der Waals surface area contributed by atoms with Crippen LogP contribution in [0.2, 0.25) is 0 Å². The van der Waals surface area contributed by atoms with Crippen LogP contribution in [0.4, 0.5) is 0 Å². The van der Waals surface area contributed by atoms with Crippen molar-refractivity contribution in [2.45, 2.75) is 78.6 Å². The van der Waals surface area contributed by atoms with Crippen LogP contribution >= 0.6 is 0 Å². The van der Waals surface area contributed by atoms with E-state index >= 15 is 0 Å². The molecular formula is C15H30. The molecule has 0 unspecified atom stereocenters. The summed E-state index contributed by atoms with van der Waals surface area (Å²) in [7, 11) is 0. The van der Waals surface area contributed by atoms with Gasteiger partial charge in [0.15, 0.2) is 0 Å². The average molecular weight is 210 g/mol. The second-order valence-corrected chi connectivity index (χ2v) is 4.89. The lowest BCUT2D eigenvalue weighted by atomic mass is 9.73. The van der Waals surface area contributed by atoms with Crippen molar-refractivity contribution in [2.75, 3.05) is 0 Å². The molecule has 0 saturated heterocycles. The minimum atomic E-state index is 0.625. The summed E-state index contributed by atoms with van der Waals surface area (Å²) in [5.41, 5.74) is 0.625. The quantitative estimate of drug-likeness (QED) is 0.404. The SMILES string of the molecule is C=CCCC(CC)(CCCC)CCCC. The summed E-state index contributed by atoms with van der Waals surface area (Å²) in [6.07, 6.45) is 14.3. The maximum Gasteiger partial charge on any atom is -0.0297 e. The van der Waals surface area contributed by atoms with E-state index in [-0.39, 0.29) is 0 Å². The largest absolute Gasteiger partial charge is 0.103 e. The van der Waals surface area contributed by atoms with Gasteiger partial charge in [-0.25, -0.2) is 0 Å². The van der Waals surface area contributed by atoms with E-state index in [0.717, 1.165) is 0 Å². The lowest BCUT2D eigenvalue weighted by Gasteiger charge is -2.33. The van der Waals surface area contributed by atoms with Gasteiger partial charge in [-0.15, -0.1) is 6.58 Å². The van der Waals surface area contributed by atoms with E-state index in [2.05, 4.69) is 33.4 Å². The first-order valence-corrected chi connectivity index (χ1v) is 6.85. The first kappa shape index (κ1) is 14.7. The first-order valence-electron chi connectivity index (χ1n) is 6.85. The lowest BCUT2D eigenvalue weighted by Crippen LogP contribution is -2.19. The van der Waals surface area contributed by atoms with Gasteiger partial charge in [0.2, 0.25) is 0 Å². The molecule has 0 spiro atoms. The second-order valence-electron chi connectivity index (χ2n) is 4.89. The highest BCUT2D eigenvalue weighted by Crippen LogP contribution is 2.39. The fourth-order valence-electron chi connectivity index (χ4n) is 2.42. The summed E-state index contributed by atoms with van der Waals surface area (Å²) >= 11 is 0. The standard InChI is InChI=1S/C15H30/c1-5-9-12-15(8-4,13-10-6-2)14-11-7-3/h5H,1,6-14H2,2-4H3. The minimum Gasteiger partial charge on any atom is -0.103 e. The highest BCUT2D eigenvalue weighted by molar-refractivity contribution is 4.81. The Kier molecular flexibility index (Phi) is 8.85. The Morgan fingerprint density at radius 1 is 0.933 bits per heavy atom. The van der Waals surface area contributed by atoms with Gasteiger partial charge in [-0.1, -0.05) is 59.0 Å². The van der Waals surface area contributed by atoms with Crippen LogP contribution in [0.25, 0.3) is 0 Å². The van der Waals surface area contributed by atoms with Crippen LogP contribution in [0.5, 0.6) is 0 Å². The fourth-order valence-corrected chi connectivity index (χ4v) is 2.42. The van der Waals surface area contributed by atoms with Crippen LogP contribution < -0.4 is 0 Å². The molecular weight excluding hydrogens is 180 g/mol. The molecule has 0 atom stereocenters. The molecule has 0 bridgehead atoms. The van der Waals surface area contributed by atoms with Gasteiger partial charge >= 0.3 is 0 Å². The Hall–Kier alpha value is -0.260. The minimum absolute atomic E-state index is 0.625. The molecule has 0 aromatic carbocycles. The maximum absolute atomic E-state index is 3.86. The third kappa shape index (κ3) is 6.02. The molecule has 15 heavy (non-hydrogen) atoms. The van der Waals surface area contributed by atoms with Gasteiger partial charge in [0.1, 0.15) is 0 Å². The van der Waals surface area contributed by atoms with Crippen molar-refractivity contribution < 1.29 is 0 Å². The Morgan fingerprint density at radius 2 is 1.47 bits per heavy atom. The molecule has 0 heteroatoms. The van der Waals surface area contributed by atoms with Crippen molar-refractivity contribution in [3.63, 3.8) is 0 Å². The van der Waals surface area contributed by atoms with Crippen molar-refractivity contribution in [2.24, 2.45) is 5.41 Å². The molecule has 0 fully saturated rings. The Labute approximate surface area is 97.2 Å². The van der Waals surface area contributed by atoms with Gasteiger partial charge < -0.3 is 0 Å². The topological polar surface area (TPSA) is 0 Å². The van der Waals surface area contributed by atoms with Crippen molar-refractivity contribution >= 4 is 0 Å². The summed E-state index contributed by atoms with van der Waals surface area (Å²) in [4.78, 5) is 0. The number of hydrogen-bond donors (Lipinski definition) is 0. The monoisotopic (exact) mass is 210 g/mol. The Morgan fingerprint density at radius 3 is 1.80 bits per heavy atom. The Balaban J connectivity index is 4.22. The molecule has 0 nitrogen and oxygen atoms in total. The zero-order valence-corrected chi connectivity index (χ0v) is 11.1. The zero-order valence-electron chi connectivity index (χ0n) is 11.1. The van der Waals surface area contributed by atoms with Gasteiger partial charge in [-0.3, -0.25) is 0 Å². The van der Waals surface area contributed by atoms with Crippen LogP contribution in [0, 0.1) is 5.41 Å². The summed E-state index contributed by atoms with van der Waals surface area (Å²) in [6.45, 7) is 10.8. The molecule has 0 amide bonds. The molecule has 0 aliphatic rings. The molecule has 0 N–H and O–H groups in total. The molecule has 0 saturated carbocycles. The van der Waals surface area contributed by atoms with E-state index in [1.807, 2.05) is 0 Å². The molecule has 0 aliphatic carbocycles. The van der Waals surface area contributed by atoms with Gasteiger partial charge in [-0.05, 0) is 31.1 Å². The van der Waals surface area contributed by atoms with E-state index in [4.69, 9.17) is 0 Å².